The molecule has 9 heteroatoms. The molecule has 9 nitrogen and oxygen atoms in total. The molecule has 0 aliphatic carbocycles. The van der Waals surface area contributed by atoms with E-state index in [2.05, 4.69) is 10.3 Å². The van der Waals surface area contributed by atoms with E-state index in [1.807, 2.05) is 4.98 Å². The van der Waals surface area contributed by atoms with Crippen LogP contribution in [0.2, 0.25) is 0 Å². The number of hydrogen-bond acceptors (Lipinski definition) is 5. The minimum absolute atomic E-state index is 0.0702. The summed E-state index contributed by atoms with van der Waals surface area (Å²) < 4.78 is 0. The van der Waals surface area contributed by atoms with Crippen molar-refractivity contribution in [2.24, 2.45) is 0 Å². The SMILES string of the molecule is O=C(O)c1cc(NC(=O)c2c[nH]c(=O)[nH]c2=O)ccc1O. The van der Waals surface area contributed by atoms with Gasteiger partial charge in [0.25, 0.3) is 11.5 Å². The third-order valence-corrected chi connectivity index (χ3v) is 2.55. The lowest BCUT2D eigenvalue weighted by Crippen LogP contribution is -2.29. The molecule has 21 heavy (non-hydrogen) atoms. The summed E-state index contributed by atoms with van der Waals surface area (Å²) in [6.45, 7) is 0. The number of aromatic carboxylic acids is 1. The highest BCUT2D eigenvalue weighted by Crippen LogP contribution is 2.21. The molecule has 2 aromatic rings. The Balaban J connectivity index is 2.32. The maximum Gasteiger partial charge on any atom is 0.339 e. The molecule has 0 aliphatic rings. The van der Waals surface area contributed by atoms with Gasteiger partial charge < -0.3 is 20.5 Å². The lowest BCUT2D eigenvalue weighted by atomic mass is 10.1. The van der Waals surface area contributed by atoms with Gasteiger partial charge in [0, 0.05) is 11.9 Å². The molecule has 0 aliphatic heterocycles. The first-order chi connectivity index (χ1) is 9.88. The Hall–Kier alpha value is -3.36. The van der Waals surface area contributed by atoms with Crippen molar-refractivity contribution in [3.8, 4) is 5.75 Å². The molecular formula is C12H9N3O6. The topological polar surface area (TPSA) is 152 Å². The van der Waals surface area contributed by atoms with Crippen LogP contribution in [-0.4, -0.2) is 32.1 Å². The van der Waals surface area contributed by atoms with E-state index in [1.54, 1.807) is 0 Å². The van der Waals surface area contributed by atoms with Crippen LogP contribution in [0.15, 0.2) is 34.0 Å². The fraction of sp³-hybridized carbons (Fsp3) is 0. The molecule has 0 unspecified atom stereocenters. The Labute approximate surface area is 115 Å². The van der Waals surface area contributed by atoms with Gasteiger partial charge in [0.05, 0.1) is 0 Å². The van der Waals surface area contributed by atoms with Gasteiger partial charge in [-0.2, -0.15) is 0 Å². The first kappa shape index (κ1) is 14.1. The highest BCUT2D eigenvalue weighted by atomic mass is 16.4. The van der Waals surface area contributed by atoms with E-state index in [-0.39, 0.29) is 11.3 Å². The van der Waals surface area contributed by atoms with Gasteiger partial charge >= 0.3 is 11.7 Å². The second kappa shape index (κ2) is 5.33. The molecule has 0 radical (unpaired) electrons. The molecule has 1 amide bonds. The standard InChI is InChI=1S/C12H9N3O6/c16-8-2-1-5(3-6(8)11(19)20)14-9(17)7-4-13-12(21)15-10(7)18/h1-4,16H,(H,14,17)(H,19,20)(H2,13,15,18,21). The summed E-state index contributed by atoms with van der Waals surface area (Å²) in [7, 11) is 0. The number of carboxylic acid groups (broad SMARTS) is 1. The van der Waals surface area contributed by atoms with Crippen LogP contribution in [0.1, 0.15) is 20.7 Å². The summed E-state index contributed by atoms with van der Waals surface area (Å²) in [6.07, 6.45) is 0.940. The lowest BCUT2D eigenvalue weighted by molar-refractivity contribution is 0.0693. The maximum atomic E-state index is 11.8. The molecule has 2 rings (SSSR count). The molecule has 0 bridgehead atoms. The molecule has 0 saturated heterocycles. The van der Waals surface area contributed by atoms with Gasteiger partial charge in [-0.05, 0) is 18.2 Å². The molecule has 0 fully saturated rings. The average molecular weight is 291 g/mol. The first-order valence-corrected chi connectivity index (χ1v) is 5.58. The number of aromatic nitrogens is 2. The zero-order valence-electron chi connectivity index (χ0n) is 10.3. The normalized spacial score (nSPS) is 10.1. The number of phenols is 1. The van der Waals surface area contributed by atoms with E-state index in [0.29, 0.717) is 0 Å². The van der Waals surface area contributed by atoms with E-state index >= 15 is 0 Å². The van der Waals surface area contributed by atoms with E-state index in [1.165, 1.54) is 6.07 Å². The average Bonchev–Trinajstić information content (AvgIpc) is 2.40. The lowest BCUT2D eigenvalue weighted by Gasteiger charge is -2.06. The Bertz CT molecular complexity index is 835. The third kappa shape index (κ3) is 2.97. The number of nitrogens with one attached hydrogen (secondary N) is 3. The highest BCUT2D eigenvalue weighted by molar-refractivity contribution is 6.04. The molecule has 0 spiro atoms. The number of carboxylic acids is 1. The quantitative estimate of drug-likeness (QED) is 0.490. The zero-order chi connectivity index (χ0) is 15.6. The summed E-state index contributed by atoms with van der Waals surface area (Å²) >= 11 is 0. The Morgan fingerprint density at radius 2 is 1.86 bits per heavy atom. The summed E-state index contributed by atoms with van der Waals surface area (Å²) in [5.74, 6) is -2.66. The minimum atomic E-state index is -1.37. The molecular weight excluding hydrogens is 282 g/mol. The van der Waals surface area contributed by atoms with Crippen molar-refractivity contribution in [2.75, 3.05) is 5.32 Å². The number of anilines is 1. The summed E-state index contributed by atoms with van der Waals surface area (Å²) in [5.41, 5.74) is -2.31. The molecule has 5 N–H and O–H groups in total. The number of aromatic amines is 2. The van der Waals surface area contributed by atoms with Gasteiger partial charge in [-0.1, -0.05) is 0 Å². The van der Waals surface area contributed by atoms with Crippen LogP contribution < -0.4 is 16.6 Å². The number of H-pyrrole nitrogens is 2. The van der Waals surface area contributed by atoms with Gasteiger partial charge in [-0.15, -0.1) is 0 Å². The van der Waals surface area contributed by atoms with Crippen LogP contribution in [0.25, 0.3) is 0 Å². The van der Waals surface area contributed by atoms with Crippen molar-refractivity contribution >= 4 is 17.6 Å². The number of amides is 1. The number of aromatic hydroxyl groups is 1. The molecule has 1 aromatic carbocycles. The number of benzene rings is 1. The van der Waals surface area contributed by atoms with Crippen molar-refractivity contribution in [2.45, 2.75) is 0 Å². The Morgan fingerprint density at radius 1 is 1.14 bits per heavy atom. The van der Waals surface area contributed by atoms with Crippen molar-refractivity contribution < 1.29 is 19.8 Å². The van der Waals surface area contributed by atoms with Crippen LogP contribution in [-0.2, 0) is 0 Å². The Morgan fingerprint density at radius 3 is 2.48 bits per heavy atom. The van der Waals surface area contributed by atoms with Crippen LogP contribution in [0.3, 0.4) is 0 Å². The third-order valence-electron chi connectivity index (χ3n) is 2.55. The number of hydrogen-bond donors (Lipinski definition) is 5. The van der Waals surface area contributed by atoms with Crippen molar-refractivity contribution in [1.29, 1.82) is 0 Å². The molecule has 1 heterocycles. The number of carbonyl (C=O) groups is 2. The number of rotatable bonds is 3. The monoisotopic (exact) mass is 291 g/mol. The minimum Gasteiger partial charge on any atom is -0.507 e. The van der Waals surface area contributed by atoms with Crippen molar-refractivity contribution in [1.82, 2.24) is 9.97 Å². The van der Waals surface area contributed by atoms with E-state index in [0.717, 1.165) is 18.3 Å². The fourth-order valence-corrected chi connectivity index (χ4v) is 1.56. The van der Waals surface area contributed by atoms with E-state index in [4.69, 9.17) is 5.11 Å². The van der Waals surface area contributed by atoms with Crippen molar-refractivity contribution in [3.63, 3.8) is 0 Å². The predicted octanol–water partition coefficient (Wildman–Crippen LogP) is -0.281. The van der Waals surface area contributed by atoms with Gasteiger partial charge in [0.15, 0.2) is 0 Å². The van der Waals surface area contributed by atoms with E-state index < -0.39 is 34.4 Å². The van der Waals surface area contributed by atoms with Crippen LogP contribution in [0.5, 0.6) is 5.75 Å². The molecule has 1 aromatic heterocycles. The van der Waals surface area contributed by atoms with Gasteiger partial charge in [0.1, 0.15) is 16.9 Å². The first-order valence-electron chi connectivity index (χ1n) is 5.58. The summed E-state index contributed by atoms with van der Waals surface area (Å²) in [5, 5.41) is 20.5. The second-order valence-electron chi connectivity index (χ2n) is 3.98. The summed E-state index contributed by atoms with van der Waals surface area (Å²) in [6, 6.07) is 3.39. The maximum absolute atomic E-state index is 11.8. The molecule has 0 saturated carbocycles. The van der Waals surface area contributed by atoms with Crippen LogP contribution in [0, 0.1) is 0 Å². The fourth-order valence-electron chi connectivity index (χ4n) is 1.56. The molecule has 108 valence electrons. The van der Waals surface area contributed by atoms with Crippen LogP contribution in [0.4, 0.5) is 5.69 Å². The largest absolute Gasteiger partial charge is 0.507 e. The van der Waals surface area contributed by atoms with Gasteiger partial charge in [-0.25, -0.2) is 9.59 Å². The van der Waals surface area contributed by atoms with Crippen LogP contribution >= 0.6 is 0 Å². The summed E-state index contributed by atoms with van der Waals surface area (Å²) in [4.78, 5) is 49.0. The smallest absolute Gasteiger partial charge is 0.339 e. The van der Waals surface area contributed by atoms with Crippen molar-refractivity contribution in [3.05, 3.63) is 56.4 Å². The molecule has 0 atom stereocenters. The predicted molar refractivity (Wildman–Crippen MR) is 70.7 cm³/mol. The van der Waals surface area contributed by atoms with E-state index in [9.17, 15) is 24.3 Å². The van der Waals surface area contributed by atoms with Gasteiger partial charge in [-0.3, -0.25) is 14.6 Å². The second-order valence-corrected chi connectivity index (χ2v) is 3.98. The Kier molecular flexibility index (Phi) is 3.57. The van der Waals surface area contributed by atoms with Gasteiger partial charge in [0.2, 0.25) is 0 Å². The zero-order valence-corrected chi connectivity index (χ0v) is 10.3. The highest BCUT2D eigenvalue weighted by Gasteiger charge is 2.14. The number of carbonyl (C=O) groups excluding carboxylic acids is 1.